The van der Waals surface area contributed by atoms with Crippen molar-refractivity contribution in [2.75, 3.05) is 31.1 Å². The van der Waals surface area contributed by atoms with Crippen LogP contribution in [0.2, 0.25) is 0 Å². The molecule has 0 bridgehead atoms. The predicted octanol–water partition coefficient (Wildman–Crippen LogP) is 4.01. The third-order valence-corrected chi connectivity index (χ3v) is 11.9. The molecule has 3 fully saturated rings. The van der Waals surface area contributed by atoms with Crippen LogP contribution >= 0.6 is 11.9 Å². The Labute approximate surface area is 228 Å². The monoisotopic (exact) mass is 615 g/mol. The first-order chi connectivity index (χ1) is 17.7. The summed E-state index contributed by atoms with van der Waals surface area (Å²) in [6, 6.07) is 4.28. The zero-order valence-corrected chi connectivity index (χ0v) is 24.5. The molecule has 200 valence electrons. The van der Waals surface area contributed by atoms with Crippen molar-refractivity contribution >= 4 is 48.8 Å². The molecule has 1 atom stereocenters. The van der Waals surface area contributed by atoms with E-state index < -0.39 is 31.9 Å². The van der Waals surface area contributed by atoms with Crippen LogP contribution < -0.4 is 9.62 Å². The van der Waals surface area contributed by atoms with Gasteiger partial charge in [0.2, 0.25) is 0 Å². The molecule has 3 aliphatic rings. The zero-order valence-electron chi connectivity index (χ0n) is 21.1. The number of piperazine rings is 1. The summed E-state index contributed by atoms with van der Waals surface area (Å²) in [5.74, 6) is 1.31. The fourth-order valence-corrected chi connectivity index (χ4v) is 8.18. The van der Waals surface area contributed by atoms with Crippen LogP contribution in [0.3, 0.4) is 0 Å². The van der Waals surface area contributed by atoms with Gasteiger partial charge in [-0.3, -0.25) is 0 Å². The van der Waals surface area contributed by atoms with Crippen LogP contribution in [0.25, 0.3) is 15.6 Å². The van der Waals surface area contributed by atoms with Gasteiger partial charge in [-0.2, -0.15) is 0 Å². The van der Waals surface area contributed by atoms with Gasteiger partial charge in [-0.15, -0.1) is 0 Å². The van der Waals surface area contributed by atoms with E-state index in [-0.39, 0.29) is 15.4 Å². The molecule has 6 rings (SSSR count). The first-order valence-corrected chi connectivity index (χ1v) is 16.5. The Morgan fingerprint density at radius 1 is 1.16 bits per heavy atom. The van der Waals surface area contributed by atoms with Gasteiger partial charge in [0.15, 0.2) is 0 Å². The van der Waals surface area contributed by atoms with Gasteiger partial charge >= 0.3 is 229 Å². The van der Waals surface area contributed by atoms with Crippen LogP contribution in [0.5, 0.6) is 0 Å². The first kappa shape index (κ1) is 25.9. The normalized spacial score (nSPS) is 20.9. The van der Waals surface area contributed by atoms with E-state index in [0.717, 1.165) is 66.3 Å². The van der Waals surface area contributed by atoms with E-state index in [1.54, 1.807) is 11.9 Å². The van der Waals surface area contributed by atoms with E-state index in [2.05, 4.69) is 43.2 Å². The van der Waals surface area contributed by atoms with E-state index in [9.17, 15) is 13.0 Å². The van der Waals surface area contributed by atoms with Crippen molar-refractivity contribution < 1.29 is 13.0 Å². The molecule has 13 heteroatoms. The van der Waals surface area contributed by atoms with Crippen molar-refractivity contribution in [3.05, 3.63) is 22.4 Å². The third kappa shape index (κ3) is 5.27. The Morgan fingerprint density at radius 2 is 1.89 bits per heavy atom. The number of hydrogen-bond donors (Lipinski definition) is 1. The summed E-state index contributed by atoms with van der Waals surface area (Å²) in [7, 11) is -0.991. The minimum atomic E-state index is -2.58. The summed E-state index contributed by atoms with van der Waals surface area (Å²) >= 11 is 1.01. The van der Waals surface area contributed by atoms with Crippen LogP contribution in [0, 0.1) is 0 Å². The molecular formula is C24H31F2N7OS2Se. The minimum absolute atomic E-state index is 0.0945. The summed E-state index contributed by atoms with van der Waals surface area (Å²) < 4.78 is 47.7. The van der Waals surface area contributed by atoms with Crippen molar-refractivity contribution in [1.82, 2.24) is 28.8 Å². The van der Waals surface area contributed by atoms with E-state index in [4.69, 9.17) is 5.10 Å². The summed E-state index contributed by atoms with van der Waals surface area (Å²) in [6.45, 7) is 9.11. The number of nitrogens with one attached hydrogen (secondary N) is 1. The molecule has 1 N–H and O–H groups in total. The second-order valence-corrected chi connectivity index (χ2v) is 15.6. The topological polar surface area (TPSA) is 78.7 Å². The summed E-state index contributed by atoms with van der Waals surface area (Å²) in [4.78, 5) is 3.37. The fourth-order valence-electron chi connectivity index (χ4n) is 4.56. The second kappa shape index (κ2) is 9.98. The van der Waals surface area contributed by atoms with Crippen LogP contribution in [0.15, 0.2) is 17.0 Å². The Kier molecular flexibility index (Phi) is 6.98. The molecule has 0 radical (unpaired) electrons. The summed E-state index contributed by atoms with van der Waals surface area (Å²) in [5.41, 5.74) is 2.91. The third-order valence-electron chi connectivity index (χ3n) is 7.16. The number of nitrogens with zero attached hydrogens (tertiary/aromatic N) is 6. The van der Waals surface area contributed by atoms with E-state index in [1.165, 1.54) is 0 Å². The quantitative estimate of drug-likeness (QED) is 0.289. The molecule has 1 saturated heterocycles. The molecular weight excluding hydrogens is 583 g/mol. The van der Waals surface area contributed by atoms with Crippen molar-refractivity contribution in [2.24, 2.45) is 0 Å². The second-order valence-electron chi connectivity index (χ2n) is 10.6. The number of hydrogen-bond acceptors (Lipinski definition) is 7. The molecule has 3 aromatic heterocycles. The number of rotatable bonds is 9. The maximum absolute atomic E-state index is 13.4. The van der Waals surface area contributed by atoms with Gasteiger partial charge in [0.1, 0.15) is 0 Å². The summed E-state index contributed by atoms with van der Waals surface area (Å²) in [6.07, 6.45) is 1.83. The SMILES string of the molecule is CC(C)S(=O)N1CCN(c2cc(SNC3(C)CC3)cc3c(-c4nnc(C(F)F)[se]4)c(C4CC4)nn23)CC1. The van der Waals surface area contributed by atoms with Crippen molar-refractivity contribution in [2.45, 2.75) is 74.5 Å². The van der Waals surface area contributed by atoms with Crippen molar-refractivity contribution in [3.63, 3.8) is 0 Å². The number of aromatic nitrogens is 4. The van der Waals surface area contributed by atoms with Crippen molar-refractivity contribution in [1.29, 1.82) is 0 Å². The van der Waals surface area contributed by atoms with E-state index >= 15 is 0 Å². The summed E-state index contributed by atoms with van der Waals surface area (Å²) in [5, 5.41) is 13.2. The zero-order chi connectivity index (χ0) is 25.9. The van der Waals surface area contributed by atoms with Gasteiger partial charge in [-0.25, -0.2) is 0 Å². The molecule has 0 spiro atoms. The van der Waals surface area contributed by atoms with Crippen LogP contribution in [0.1, 0.15) is 69.1 Å². The standard InChI is InChI=1S/C24H31F2N7OS2Se/c1-14(2)36(34)32-10-8-31(9-11-32)18-13-16(35-30-24(3)6-7-24)12-17-19(20(15-4-5-15)29-33(17)18)22-27-28-23(37-22)21(25)26/h12-15,21,30H,4-11H2,1-3H3. The number of halogens is 2. The number of pyridine rings is 1. The van der Waals surface area contributed by atoms with Crippen LogP contribution in [-0.4, -0.2) is 79.8 Å². The molecule has 2 aliphatic carbocycles. The molecule has 8 nitrogen and oxygen atoms in total. The Morgan fingerprint density at radius 3 is 2.49 bits per heavy atom. The average molecular weight is 615 g/mol. The number of alkyl halides is 2. The van der Waals surface area contributed by atoms with Crippen LogP contribution in [-0.2, 0) is 11.0 Å². The molecule has 0 amide bonds. The molecule has 4 heterocycles. The Hall–Kier alpha value is -1.37. The van der Waals surface area contributed by atoms with Crippen molar-refractivity contribution in [3.8, 4) is 10.1 Å². The molecule has 1 aliphatic heterocycles. The Bertz CT molecular complexity index is 1330. The molecule has 2 saturated carbocycles. The number of anilines is 1. The maximum atomic E-state index is 13.4. The molecule has 37 heavy (non-hydrogen) atoms. The molecule has 0 aromatic carbocycles. The predicted molar refractivity (Wildman–Crippen MR) is 144 cm³/mol. The van der Waals surface area contributed by atoms with Gasteiger partial charge in [0, 0.05) is 0 Å². The molecule has 3 aromatic rings. The van der Waals surface area contributed by atoms with Gasteiger partial charge in [-0.1, -0.05) is 0 Å². The Balaban J connectivity index is 1.42. The van der Waals surface area contributed by atoms with Gasteiger partial charge in [0.05, 0.1) is 0 Å². The first-order valence-electron chi connectivity index (χ1n) is 12.8. The van der Waals surface area contributed by atoms with E-state index in [1.807, 2.05) is 18.4 Å². The fraction of sp³-hybridized carbons (Fsp3) is 0.625. The van der Waals surface area contributed by atoms with Crippen LogP contribution in [0.4, 0.5) is 14.6 Å². The number of fused-ring (bicyclic) bond motifs is 1. The van der Waals surface area contributed by atoms with Gasteiger partial charge in [0.25, 0.3) is 0 Å². The molecule has 1 unspecified atom stereocenters. The van der Waals surface area contributed by atoms with E-state index in [0.29, 0.717) is 23.6 Å². The van der Waals surface area contributed by atoms with Gasteiger partial charge in [-0.05, 0) is 0 Å². The van der Waals surface area contributed by atoms with Gasteiger partial charge < -0.3 is 0 Å². The average Bonchev–Trinajstić information content (AvgIpc) is 3.77.